The van der Waals surface area contributed by atoms with E-state index in [0.29, 0.717) is 24.6 Å². The fraction of sp³-hybridized carbons (Fsp3) is 0.412. The number of amides is 1. The first kappa shape index (κ1) is 16.0. The molecule has 1 aromatic heterocycles. The number of hydrogen-bond donors (Lipinski definition) is 0. The van der Waals surface area contributed by atoms with Crippen molar-refractivity contribution >= 4 is 17.5 Å². The Kier molecular flexibility index (Phi) is 4.15. The lowest BCUT2D eigenvalue weighted by Gasteiger charge is -2.27. The SMILES string of the molecule is CC(C)c1nc2c(n1C)CCN(C(=O)c1ccc(Cl)c(F)c1)C2. The molecule has 4 nitrogen and oxygen atoms in total. The number of carbonyl (C=O) groups is 1. The van der Waals surface area contributed by atoms with Crippen molar-refractivity contribution in [3.63, 3.8) is 0 Å². The summed E-state index contributed by atoms with van der Waals surface area (Å²) in [5.74, 6) is 0.597. The van der Waals surface area contributed by atoms with Crippen molar-refractivity contribution in [3.8, 4) is 0 Å². The fourth-order valence-electron chi connectivity index (χ4n) is 3.05. The van der Waals surface area contributed by atoms with Crippen LogP contribution in [0.3, 0.4) is 0 Å². The van der Waals surface area contributed by atoms with Crippen LogP contribution >= 0.6 is 11.6 Å². The molecule has 23 heavy (non-hydrogen) atoms. The summed E-state index contributed by atoms with van der Waals surface area (Å²) >= 11 is 5.68. The molecular formula is C17H19ClFN3O. The number of imidazole rings is 1. The first-order chi connectivity index (χ1) is 10.9. The van der Waals surface area contributed by atoms with Gasteiger partial charge in [-0.05, 0) is 18.2 Å². The summed E-state index contributed by atoms with van der Waals surface area (Å²) < 4.78 is 15.7. The summed E-state index contributed by atoms with van der Waals surface area (Å²) in [4.78, 5) is 19.0. The Balaban J connectivity index is 1.85. The maximum Gasteiger partial charge on any atom is 0.254 e. The second-order valence-electron chi connectivity index (χ2n) is 6.18. The van der Waals surface area contributed by atoms with Crippen LogP contribution in [0.25, 0.3) is 0 Å². The molecule has 6 heteroatoms. The Morgan fingerprint density at radius 2 is 2.13 bits per heavy atom. The average Bonchev–Trinajstić information content (AvgIpc) is 2.86. The van der Waals surface area contributed by atoms with Crippen molar-refractivity contribution in [2.24, 2.45) is 7.05 Å². The molecule has 2 heterocycles. The summed E-state index contributed by atoms with van der Waals surface area (Å²) in [6.07, 6.45) is 0.757. The first-order valence-electron chi connectivity index (χ1n) is 7.67. The molecule has 3 rings (SSSR count). The second kappa shape index (κ2) is 5.96. The van der Waals surface area contributed by atoms with Gasteiger partial charge in [0.2, 0.25) is 0 Å². The lowest BCUT2D eigenvalue weighted by molar-refractivity contribution is 0.0730. The summed E-state index contributed by atoms with van der Waals surface area (Å²) in [7, 11) is 2.02. The molecule has 0 saturated heterocycles. The van der Waals surface area contributed by atoms with E-state index < -0.39 is 5.82 Å². The van der Waals surface area contributed by atoms with Crippen molar-refractivity contribution in [3.05, 3.63) is 51.8 Å². The van der Waals surface area contributed by atoms with E-state index in [1.807, 2.05) is 7.05 Å². The molecule has 0 radical (unpaired) electrons. The molecular weight excluding hydrogens is 317 g/mol. The second-order valence-corrected chi connectivity index (χ2v) is 6.59. The topological polar surface area (TPSA) is 38.1 Å². The Hall–Kier alpha value is -1.88. The van der Waals surface area contributed by atoms with Gasteiger partial charge in [0.1, 0.15) is 11.6 Å². The quantitative estimate of drug-likeness (QED) is 0.842. The third kappa shape index (κ3) is 2.85. The lowest BCUT2D eigenvalue weighted by Crippen LogP contribution is -2.36. The number of hydrogen-bond acceptors (Lipinski definition) is 2. The highest BCUT2D eigenvalue weighted by atomic mass is 35.5. The number of carbonyl (C=O) groups excluding carboxylic acids is 1. The summed E-state index contributed by atoms with van der Waals surface area (Å²) in [5.41, 5.74) is 2.43. The highest BCUT2D eigenvalue weighted by Crippen LogP contribution is 2.25. The smallest absolute Gasteiger partial charge is 0.254 e. The predicted octanol–water partition coefficient (Wildman–Crippen LogP) is 3.53. The van der Waals surface area contributed by atoms with E-state index in [9.17, 15) is 9.18 Å². The van der Waals surface area contributed by atoms with Crippen LogP contribution in [0.1, 0.15) is 47.3 Å². The molecule has 122 valence electrons. The van der Waals surface area contributed by atoms with Crippen molar-refractivity contribution in [2.45, 2.75) is 32.7 Å². The molecule has 1 aliphatic rings. The number of aromatic nitrogens is 2. The van der Waals surface area contributed by atoms with Crippen molar-refractivity contribution in [1.29, 1.82) is 0 Å². The van der Waals surface area contributed by atoms with Crippen LogP contribution in [-0.2, 0) is 20.0 Å². The zero-order chi connectivity index (χ0) is 16.7. The van der Waals surface area contributed by atoms with Gasteiger partial charge < -0.3 is 9.47 Å². The molecule has 0 fully saturated rings. The van der Waals surface area contributed by atoms with Crippen molar-refractivity contribution in [1.82, 2.24) is 14.5 Å². The zero-order valence-electron chi connectivity index (χ0n) is 13.4. The van der Waals surface area contributed by atoms with Gasteiger partial charge in [-0.25, -0.2) is 9.37 Å². The van der Waals surface area contributed by atoms with E-state index in [2.05, 4.69) is 23.4 Å². The maximum atomic E-state index is 13.6. The molecule has 0 N–H and O–H groups in total. The highest BCUT2D eigenvalue weighted by molar-refractivity contribution is 6.30. The van der Waals surface area contributed by atoms with E-state index in [0.717, 1.165) is 17.9 Å². The Bertz CT molecular complexity index is 769. The lowest BCUT2D eigenvalue weighted by atomic mass is 10.1. The van der Waals surface area contributed by atoms with Gasteiger partial charge in [-0.15, -0.1) is 0 Å². The minimum Gasteiger partial charge on any atom is -0.334 e. The minimum atomic E-state index is -0.574. The number of rotatable bonds is 2. The van der Waals surface area contributed by atoms with Crippen molar-refractivity contribution < 1.29 is 9.18 Å². The average molecular weight is 336 g/mol. The molecule has 0 bridgehead atoms. The molecule has 0 spiro atoms. The van der Waals surface area contributed by atoms with Gasteiger partial charge in [0.15, 0.2) is 0 Å². The van der Waals surface area contributed by atoms with Gasteiger partial charge in [-0.2, -0.15) is 0 Å². The predicted molar refractivity (Wildman–Crippen MR) is 87.2 cm³/mol. The number of fused-ring (bicyclic) bond motifs is 1. The highest BCUT2D eigenvalue weighted by Gasteiger charge is 2.27. The van der Waals surface area contributed by atoms with E-state index in [4.69, 9.17) is 11.6 Å². The van der Waals surface area contributed by atoms with Gasteiger partial charge in [-0.3, -0.25) is 4.79 Å². The zero-order valence-corrected chi connectivity index (χ0v) is 14.2. The Morgan fingerprint density at radius 3 is 2.78 bits per heavy atom. The van der Waals surface area contributed by atoms with Crippen LogP contribution < -0.4 is 0 Å². The van der Waals surface area contributed by atoms with Crippen LogP contribution in [-0.4, -0.2) is 26.9 Å². The molecule has 0 saturated carbocycles. The molecule has 1 amide bonds. The van der Waals surface area contributed by atoms with Gasteiger partial charge in [0.05, 0.1) is 17.3 Å². The van der Waals surface area contributed by atoms with E-state index >= 15 is 0 Å². The van der Waals surface area contributed by atoms with E-state index in [1.165, 1.54) is 17.8 Å². The molecule has 0 unspecified atom stereocenters. The molecule has 0 aliphatic carbocycles. The van der Waals surface area contributed by atoms with Crippen LogP contribution in [0.2, 0.25) is 5.02 Å². The number of halogens is 2. The summed E-state index contributed by atoms with van der Waals surface area (Å²) in [6.45, 7) is 5.27. The molecule has 1 aliphatic heterocycles. The van der Waals surface area contributed by atoms with Crippen LogP contribution in [0.5, 0.6) is 0 Å². The standard InChI is InChI=1S/C17H19ClFN3O/c1-10(2)16-20-14-9-22(7-6-15(14)21(16)3)17(23)11-4-5-12(18)13(19)8-11/h4-5,8,10H,6-7,9H2,1-3H3. The monoisotopic (exact) mass is 335 g/mol. The summed E-state index contributed by atoms with van der Waals surface area (Å²) in [6, 6.07) is 4.16. The Morgan fingerprint density at radius 1 is 1.39 bits per heavy atom. The van der Waals surface area contributed by atoms with Gasteiger partial charge >= 0.3 is 0 Å². The van der Waals surface area contributed by atoms with Gasteiger partial charge in [0.25, 0.3) is 5.91 Å². The molecule has 0 atom stereocenters. The van der Waals surface area contributed by atoms with E-state index in [-0.39, 0.29) is 10.9 Å². The molecule has 2 aromatic rings. The largest absolute Gasteiger partial charge is 0.334 e. The normalized spacial score (nSPS) is 14.3. The van der Waals surface area contributed by atoms with Crippen LogP contribution in [0.4, 0.5) is 4.39 Å². The number of nitrogens with zero attached hydrogens (tertiary/aromatic N) is 3. The maximum absolute atomic E-state index is 13.6. The minimum absolute atomic E-state index is 0.0220. The van der Waals surface area contributed by atoms with E-state index in [1.54, 1.807) is 11.0 Å². The van der Waals surface area contributed by atoms with Crippen LogP contribution in [0.15, 0.2) is 18.2 Å². The van der Waals surface area contributed by atoms with Gasteiger partial charge in [-0.1, -0.05) is 25.4 Å². The first-order valence-corrected chi connectivity index (χ1v) is 8.05. The Labute approximate surface area is 139 Å². The van der Waals surface area contributed by atoms with Gasteiger partial charge in [0, 0.05) is 37.2 Å². The fourth-order valence-corrected chi connectivity index (χ4v) is 3.17. The third-order valence-corrected chi connectivity index (χ3v) is 4.57. The molecule has 1 aromatic carbocycles. The van der Waals surface area contributed by atoms with Crippen LogP contribution in [0, 0.1) is 5.82 Å². The third-order valence-electron chi connectivity index (χ3n) is 4.26. The van der Waals surface area contributed by atoms with Crippen molar-refractivity contribution in [2.75, 3.05) is 6.54 Å². The summed E-state index contributed by atoms with van der Waals surface area (Å²) in [5, 5.41) is 0.0220. The number of benzene rings is 1.